The molecular formula is C10H16N2O. The zero-order valence-corrected chi connectivity index (χ0v) is 8.04. The Bertz CT molecular complexity index is 284. The summed E-state index contributed by atoms with van der Waals surface area (Å²) in [6.45, 7) is 4.26. The van der Waals surface area contributed by atoms with Crippen LogP contribution in [0.5, 0.6) is 0 Å². The summed E-state index contributed by atoms with van der Waals surface area (Å²) in [5.41, 5.74) is 8.49. The van der Waals surface area contributed by atoms with Gasteiger partial charge in [0.25, 0.3) is 0 Å². The molecule has 1 rings (SSSR count). The molecule has 0 aliphatic heterocycles. The molecular weight excluding hydrogens is 164 g/mol. The standard InChI is InChI=1S/C10H16N2O/c1-7-3-4-9(11)10(5-7)12-6-8(2)13/h3-5,8,12-13H,6,11H2,1-2H3. The van der Waals surface area contributed by atoms with E-state index < -0.39 is 0 Å². The predicted octanol–water partition coefficient (Wildman–Crippen LogP) is 1.37. The van der Waals surface area contributed by atoms with Crippen LogP contribution in [0.25, 0.3) is 0 Å². The Labute approximate surface area is 78.6 Å². The monoisotopic (exact) mass is 180 g/mol. The fourth-order valence-electron chi connectivity index (χ4n) is 1.08. The van der Waals surface area contributed by atoms with Gasteiger partial charge in [-0.1, -0.05) is 6.07 Å². The van der Waals surface area contributed by atoms with Gasteiger partial charge in [-0.2, -0.15) is 0 Å². The lowest BCUT2D eigenvalue weighted by Gasteiger charge is -2.11. The number of aliphatic hydroxyl groups excluding tert-OH is 1. The van der Waals surface area contributed by atoms with E-state index in [1.807, 2.05) is 25.1 Å². The highest BCUT2D eigenvalue weighted by molar-refractivity contribution is 5.66. The Kier molecular flexibility index (Phi) is 3.14. The summed E-state index contributed by atoms with van der Waals surface area (Å²) in [7, 11) is 0. The van der Waals surface area contributed by atoms with Crippen molar-refractivity contribution in [2.75, 3.05) is 17.6 Å². The highest BCUT2D eigenvalue weighted by Crippen LogP contribution is 2.19. The van der Waals surface area contributed by atoms with Crippen LogP contribution in [0.4, 0.5) is 11.4 Å². The Morgan fingerprint density at radius 3 is 2.85 bits per heavy atom. The summed E-state index contributed by atoms with van der Waals surface area (Å²) in [4.78, 5) is 0. The van der Waals surface area contributed by atoms with Gasteiger partial charge in [0.1, 0.15) is 0 Å². The zero-order valence-electron chi connectivity index (χ0n) is 8.04. The molecule has 0 fully saturated rings. The summed E-state index contributed by atoms with van der Waals surface area (Å²) in [5, 5.41) is 12.1. The maximum atomic E-state index is 9.07. The summed E-state index contributed by atoms with van der Waals surface area (Å²) in [6.07, 6.45) is -0.361. The number of nitrogen functional groups attached to an aromatic ring is 1. The molecule has 72 valence electrons. The number of anilines is 2. The summed E-state index contributed by atoms with van der Waals surface area (Å²) < 4.78 is 0. The summed E-state index contributed by atoms with van der Waals surface area (Å²) in [5.74, 6) is 0. The van der Waals surface area contributed by atoms with Gasteiger partial charge in [-0.3, -0.25) is 0 Å². The number of aryl methyl sites for hydroxylation is 1. The second-order valence-corrected chi connectivity index (χ2v) is 3.32. The minimum Gasteiger partial charge on any atom is -0.397 e. The van der Waals surface area contributed by atoms with Crippen molar-refractivity contribution in [2.45, 2.75) is 20.0 Å². The average Bonchev–Trinajstić information content (AvgIpc) is 2.06. The van der Waals surface area contributed by atoms with Crippen LogP contribution in [-0.2, 0) is 0 Å². The van der Waals surface area contributed by atoms with E-state index >= 15 is 0 Å². The van der Waals surface area contributed by atoms with Crippen LogP contribution in [0, 0.1) is 6.92 Å². The van der Waals surface area contributed by atoms with Gasteiger partial charge in [-0.15, -0.1) is 0 Å². The van der Waals surface area contributed by atoms with Crippen LogP contribution >= 0.6 is 0 Å². The molecule has 1 aromatic carbocycles. The largest absolute Gasteiger partial charge is 0.397 e. The van der Waals surface area contributed by atoms with Crippen LogP contribution in [0.15, 0.2) is 18.2 Å². The Morgan fingerprint density at radius 1 is 1.54 bits per heavy atom. The van der Waals surface area contributed by atoms with E-state index in [4.69, 9.17) is 10.8 Å². The molecule has 1 aromatic rings. The smallest absolute Gasteiger partial charge is 0.0684 e. The second-order valence-electron chi connectivity index (χ2n) is 3.32. The normalized spacial score (nSPS) is 12.5. The molecule has 0 bridgehead atoms. The first-order valence-corrected chi connectivity index (χ1v) is 4.37. The van der Waals surface area contributed by atoms with Crippen molar-refractivity contribution in [3.05, 3.63) is 23.8 Å². The summed E-state index contributed by atoms with van der Waals surface area (Å²) in [6, 6.07) is 5.79. The third-order valence-corrected chi connectivity index (χ3v) is 1.80. The van der Waals surface area contributed by atoms with Crippen molar-refractivity contribution < 1.29 is 5.11 Å². The number of rotatable bonds is 3. The number of hydrogen-bond donors (Lipinski definition) is 3. The minimum atomic E-state index is -0.361. The molecule has 0 aliphatic carbocycles. The Morgan fingerprint density at radius 2 is 2.23 bits per heavy atom. The van der Waals surface area contributed by atoms with Crippen LogP contribution in [0.2, 0.25) is 0 Å². The predicted molar refractivity (Wildman–Crippen MR) is 55.8 cm³/mol. The molecule has 1 atom stereocenters. The molecule has 3 heteroatoms. The van der Waals surface area contributed by atoms with Crippen molar-refractivity contribution in [1.29, 1.82) is 0 Å². The van der Waals surface area contributed by atoms with Gasteiger partial charge < -0.3 is 16.2 Å². The quantitative estimate of drug-likeness (QED) is 0.616. The van der Waals surface area contributed by atoms with Gasteiger partial charge in [-0.25, -0.2) is 0 Å². The van der Waals surface area contributed by atoms with E-state index in [1.165, 1.54) is 0 Å². The van der Waals surface area contributed by atoms with Gasteiger partial charge in [0.2, 0.25) is 0 Å². The molecule has 4 N–H and O–H groups in total. The maximum Gasteiger partial charge on any atom is 0.0684 e. The lowest BCUT2D eigenvalue weighted by atomic mass is 10.2. The number of hydrogen-bond acceptors (Lipinski definition) is 3. The fourth-order valence-corrected chi connectivity index (χ4v) is 1.08. The lowest BCUT2D eigenvalue weighted by molar-refractivity contribution is 0.208. The molecule has 3 nitrogen and oxygen atoms in total. The van der Waals surface area contributed by atoms with Crippen molar-refractivity contribution in [3.8, 4) is 0 Å². The van der Waals surface area contributed by atoms with Gasteiger partial charge in [0.15, 0.2) is 0 Å². The molecule has 0 amide bonds. The van der Waals surface area contributed by atoms with E-state index in [0.717, 1.165) is 11.3 Å². The molecule has 0 radical (unpaired) electrons. The van der Waals surface area contributed by atoms with Crippen LogP contribution < -0.4 is 11.1 Å². The number of nitrogens with one attached hydrogen (secondary N) is 1. The topological polar surface area (TPSA) is 58.3 Å². The van der Waals surface area contributed by atoms with Crippen molar-refractivity contribution in [2.24, 2.45) is 0 Å². The fraction of sp³-hybridized carbons (Fsp3) is 0.400. The van der Waals surface area contributed by atoms with Gasteiger partial charge >= 0.3 is 0 Å². The first-order chi connectivity index (χ1) is 6.09. The SMILES string of the molecule is Cc1ccc(N)c(NCC(C)O)c1. The second kappa shape index (κ2) is 4.14. The van der Waals surface area contributed by atoms with Gasteiger partial charge in [0.05, 0.1) is 17.5 Å². The molecule has 13 heavy (non-hydrogen) atoms. The van der Waals surface area contributed by atoms with E-state index in [-0.39, 0.29) is 6.10 Å². The highest BCUT2D eigenvalue weighted by atomic mass is 16.3. The minimum absolute atomic E-state index is 0.361. The van der Waals surface area contributed by atoms with Crippen LogP contribution in [-0.4, -0.2) is 17.8 Å². The van der Waals surface area contributed by atoms with Gasteiger partial charge in [0, 0.05) is 6.54 Å². The number of aliphatic hydroxyl groups is 1. The van der Waals surface area contributed by atoms with E-state index in [1.54, 1.807) is 6.92 Å². The molecule has 0 aliphatic rings. The Balaban J connectivity index is 2.70. The van der Waals surface area contributed by atoms with Crippen molar-refractivity contribution in [3.63, 3.8) is 0 Å². The molecule has 0 aromatic heterocycles. The molecule has 0 spiro atoms. The lowest BCUT2D eigenvalue weighted by Crippen LogP contribution is -2.16. The first-order valence-electron chi connectivity index (χ1n) is 4.37. The Hall–Kier alpha value is -1.22. The third-order valence-electron chi connectivity index (χ3n) is 1.80. The first kappa shape index (κ1) is 9.86. The van der Waals surface area contributed by atoms with Crippen LogP contribution in [0.3, 0.4) is 0 Å². The van der Waals surface area contributed by atoms with Crippen molar-refractivity contribution in [1.82, 2.24) is 0 Å². The van der Waals surface area contributed by atoms with Gasteiger partial charge in [-0.05, 0) is 31.5 Å². The maximum absolute atomic E-state index is 9.07. The summed E-state index contributed by atoms with van der Waals surface area (Å²) >= 11 is 0. The van der Waals surface area contributed by atoms with E-state index in [9.17, 15) is 0 Å². The van der Waals surface area contributed by atoms with Crippen LogP contribution in [0.1, 0.15) is 12.5 Å². The van der Waals surface area contributed by atoms with Crippen molar-refractivity contribution >= 4 is 11.4 Å². The molecule has 1 unspecified atom stereocenters. The average molecular weight is 180 g/mol. The third kappa shape index (κ3) is 2.95. The molecule has 0 saturated carbocycles. The molecule has 0 saturated heterocycles. The van der Waals surface area contributed by atoms with E-state index in [2.05, 4.69) is 5.32 Å². The molecule has 0 heterocycles. The number of nitrogens with two attached hydrogens (primary N) is 1. The highest BCUT2D eigenvalue weighted by Gasteiger charge is 2.00. The zero-order chi connectivity index (χ0) is 9.84. The van der Waals surface area contributed by atoms with E-state index in [0.29, 0.717) is 12.2 Å². The number of benzene rings is 1.